The molecular weight excluding hydrogens is 420 g/mol. The van der Waals surface area contributed by atoms with E-state index in [0.717, 1.165) is 39.8 Å². The zero-order valence-electron chi connectivity index (χ0n) is 19.8. The molecule has 1 unspecified atom stereocenters. The Bertz CT molecular complexity index is 1390. The van der Waals surface area contributed by atoms with Crippen molar-refractivity contribution in [2.24, 2.45) is 0 Å². The zero-order valence-corrected chi connectivity index (χ0v) is 19.8. The highest BCUT2D eigenvalue weighted by Gasteiger charge is 2.48. The van der Waals surface area contributed by atoms with Gasteiger partial charge in [0.25, 0.3) is 0 Å². The fraction of sp³-hybridized carbons (Fsp3) is 0.200. The zero-order chi connectivity index (χ0) is 24.3. The van der Waals surface area contributed by atoms with Gasteiger partial charge in [-0.2, -0.15) is 0 Å². The lowest BCUT2D eigenvalue weighted by molar-refractivity contribution is 0.424. The molecule has 0 saturated carbocycles. The average molecular weight is 451 g/mol. The van der Waals surface area contributed by atoms with Crippen LogP contribution in [0.1, 0.15) is 43.9 Å². The Labute approximate surface area is 200 Å². The average Bonchev–Trinajstić information content (AvgIpc) is 3.03. The van der Waals surface area contributed by atoms with Gasteiger partial charge in [-0.25, -0.2) is 0 Å². The van der Waals surface area contributed by atoms with Crippen molar-refractivity contribution in [1.29, 1.82) is 0 Å². The first-order valence-electron chi connectivity index (χ1n) is 11.5. The van der Waals surface area contributed by atoms with Crippen LogP contribution in [0, 0.1) is 0 Å². The van der Waals surface area contributed by atoms with Gasteiger partial charge < -0.3 is 21.7 Å². The number of benzene rings is 4. The lowest BCUT2D eigenvalue weighted by atomic mass is 9.74. The number of phenols is 2. The molecule has 0 aliphatic heterocycles. The molecule has 0 spiro atoms. The lowest BCUT2D eigenvalue weighted by Crippen LogP contribution is -2.23. The maximum Gasteiger partial charge on any atom is 0.146 e. The Morgan fingerprint density at radius 2 is 1.35 bits per heavy atom. The normalized spacial score (nSPS) is 18.6. The summed E-state index contributed by atoms with van der Waals surface area (Å²) < 4.78 is 0. The molecule has 0 amide bonds. The first kappa shape index (κ1) is 21.9. The molecule has 1 atom stereocenters. The molecule has 0 heterocycles. The Kier molecular flexibility index (Phi) is 4.87. The molecular formula is C30H30N2O2. The highest BCUT2D eigenvalue weighted by Crippen LogP contribution is 2.59. The number of rotatable bonds is 3. The topological polar surface area (TPSA) is 92.5 Å². The monoisotopic (exact) mass is 450 g/mol. The summed E-state index contributed by atoms with van der Waals surface area (Å²) in [5.41, 5.74) is 19.5. The van der Waals surface area contributed by atoms with Crippen LogP contribution in [0.2, 0.25) is 0 Å². The van der Waals surface area contributed by atoms with Gasteiger partial charge in [0.05, 0.1) is 11.4 Å². The van der Waals surface area contributed by atoms with E-state index in [2.05, 4.69) is 20.8 Å². The minimum absolute atomic E-state index is 0.0801. The number of hydrogen-bond donors (Lipinski definition) is 4. The van der Waals surface area contributed by atoms with Gasteiger partial charge in [0.1, 0.15) is 11.5 Å². The van der Waals surface area contributed by atoms with E-state index in [4.69, 9.17) is 11.5 Å². The third-order valence-corrected chi connectivity index (χ3v) is 7.34. The van der Waals surface area contributed by atoms with Crippen molar-refractivity contribution in [1.82, 2.24) is 0 Å². The van der Waals surface area contributed by atoms with Crippen LogP contribution in [0.15, 0.2) is 78.9 Å². The first-order valence-corrected chi connectivity index (χ1v) is 11.5. The van der Waals surface area contributed by atoms with Crippen LogP contribution in [0.3, 0.4) is 0 Å². The van der Waals surface area contributed by atoms with E-state index in [9.17, 15) is 10.2 Å². The summed E-state index contributed by atoms with van der Waals surface area (Å²) in [5.74, 6) is 0.165. The van der Waals surface area contributed by atoms with E-state index >= 15 is 0 Å². The molecule has 4 aromatic rings. The number of nitrogen functional groups attached to an aromatic ring is 2. The summed E-state index contributed by atoms with van der Waals surface area (Å²) in [6, 6.07) is 25.5. The Balaban J connectivity index is 1.79. The van der Waals surface area contributed by atoms with E-state index in [1.807, 2.05) is 78.9 Å². The Hall–Kier alpha value is -3.92. The maximum atomic E-state index is 10.9. The SMILES string of the molecule is CC1(C)CC(C)(c2cc(N)c(O)c(-c3ccccc3)c2)c2cc(O)c(N)c(-c3ccccc3)c21. The molecule has 0 radical (unpaired) electrons. The van der Waals surface area contributed by atoms with Crippen LogP contribution in [0.5, 0.6) is 11.5 Å². The molecule has 172 valence electrons. The third-order valence-electron chi connectivity index (χ3n) is 7.34. The Morgan fingerprint density at radius 3 is 1.97 bits per heavy atom. The molecule has 6 N–H and O–H groups in total. The number of fused-ring (bicyclic) bond motifs is 1. The van der Waals surface area contributed by atoms with E-state index in [1.165, 1.54) is 0 Å². The summed E-state index contributed by atoms with van der Waals surface area (Å²) in [4.78, 5) is 0. The standard InChI is InChI=1S/C30H30N2O2/c1-29(2)17-30(3,20-14-21(28(34)23(31)15-20)18-10-6-4-7-11-18)22-16-24(33)27(32)25(26(22)29)19-12-8-5-9-13-19/h4-16,33-34H,17,31-32H2,1-3H3. The van der Waals surface area contributed by atoms with Gasteiger partial charge in [-0.15, -0.1) is 0 Å². The molecule has 0 aromatic heterocycles. The third kappa shape index (κ3) is 3.21. The minimum atomic E-state index is -0.446. The highest BCUT2D eigenvalue weighted by molar-refractivity contribution is 5.87. The highest BCUT2D eigenvalue weighted by atomic mass is 16.3. The molecule has 5 rings (SSSR count). The van der Waals surface area contributed by atoms with E-state index < -0.39 is 5.41 Å². The number of aromatic hydroxyl groups is 2. The Morgan fingerprint density at radius 1 is 0.765 bits per heavy atom. The van der Waals surface area contributed by atoms with Crippen LogP contribution in [-0.2, 0) is 10.8 Å². The van der Waals surface area contributed by atoms with Gasteiger partial charge in [0.2, 0.25) is 0 Å². The van der Waals surface area contributed by atoms with Crippen molar-refractivity contribution in [2.75, 3.05) is 11.5 Å². The maximum absolute atomic E-state index is 10.9. The van der Waals surface area contributed by atoms with Crippen molar-refractivity contribution in [3.8, 4) is 33.8 Å². The van der Waals surface area contributed by atoms with Gasteiger partial charge in [-0.3, -0.25) is 0 Å². The van der Waals surface area contributed by atoms with Crippen LogP contribution >= 0.6 is 0 Å². The van der Waals surface area contributed by atoms with Crippen LogP contribution in [0.25, 0.3) is 22.3 Å². The van der Waals surface area contributed by atoms with Gasteiger partial charge in [-0.1, -0.05) is 81.4 Å². The van der Waals surface area contributed by atoms with Crippen molar-refractivity contribution in [2.45, 2.75) is 38.0 Å². The summed E-state index contributed by atoms with van der Waals surface area (Å²) >= 11 is 0. The van der Waals surface area contributed by atoms with E-state index in [1.54, 1.807) is 0 Å². The summed E-state index contributed by atoms with van der Waals surface area (Å²) in [7, 11) is 0. The van der Waals surface area contributed by atoms with Gasteiger partial charge in [-0.05, 0) is 57.9 Å². The number of nitrogens with two attached hydrogens (primary N) is 2. The quantitative estimate of drug-likeness (QED) is 0.209. The van der Waals surface area contributed by atoms with Gasteiger partial charge >= 0.3 is 0 Å². The summed E-state index contributed by atoms with van der Waals surface area (Å²) in [5, 5.41) is 21.7. The largest absolute Gasteiger partial charge is 0.506 e. The molecule has 1 aliphatic rings. The van der Waals surface area contributed by atoms with E-state index in [0.29, 0.717) is 16.9 Å². The van der Waals surface area contributed by atoms with Crippen molar-refractivity contribution in [3.63, 3.8) is 0 Å². The van der Waals surface area contributed by atoms with E-state index in [-0.39, 0.29) is 16.9 Å². The van der Waals surface area contributed by atoms with Crippen molar-refractivity contribution >= 4 is 11.4 Å². The predicted octanol–water partition coefficient (Wildman–Crippen LogP) is 6.58. The van der Waals surface area contributed by atoms with Gasteiger partial charge in [0.15, 0.2) is 0 Å². The molecule has 4 nitrogen and oxygen atoms in total. The molecule has 1 aliphatic carbocycles. The lowest BCUT2D eigenvalue weighted by Gasteiger charge is -2.29. The molecule has 4 heteroatoms. The molecule has 0 fully saturated rings. The fourth-order valence-corrected chi connectivity index (χ4v) is 5.87. The second kappa shape index (κ2) is 7.56. The van der Waals surface area contributed by atoms with Crippen LogP contribution in [0.4, 0.5) is 11.4 Å². The molecule has 34 heavy (non-hydrogen) atoms. The van der Waals surface area contributed by atoms with Crippen LogP contribution in [-0.4, -0.2) is 10.2 Å². The van der Waals surface area contributed by atoms with Gasteiger partial charge in [0, 0.05) is 16.5 Å². The molecule has 4 aromatic carbocycles. The minimum Gasteiger partial charge on any atom is -0.506 e. The number of phenolic OH excluding ortho intramolecular Hbond substituents is 2. The number of hydrogen-bond acceptors (Lipinski definition) is 4. The van der Waals surface area contributed by atoms with Crippen LogP contribution < -0.4 is 11.5 Å². The second-order valence-electron chi connectivity index (χ2n) is 10.2. The smallest absolute Gasteiger partial charge is 0.146 e. The predicted molar refractivity (Wildman–Crippen MR) is 140 cm³/mol. The van der Waals surface area contributed by atoms with Crippen molar-refractivity contribution < 1.29 is 10.2 Å². The fourth-order valence-electron chi connectivity index (χ4n) is 5.87. The number of anilines is 2. The first-order chi connectivity index (χ1) is 16.1. The van der Waals surface area contributed by atoms with Crippen molar-refractivity contribution in [3.05, 3.63) is 95.6 Å². The molecule has 0 saturated heterocycles. The summed E-state index contributed by atoms with van der Waals surface area (Å²) in [6.45, 7) is 6.63. The second-order valence-corrected chi connectivity index (χ2v) is 10.2. The summed E-state index contributed by atoms with van der Waals surface area (Å²) in [6.07, 6.45) is 0.802. The molecule has 0 bridgehead atoms.